The lowest BCUT2D eigenvalue weighted by molar-refractivity contribution is -0.129. The molecule has 2 aliphatic rings. The van der Waals surface area contributed by atoms with Crippen LogP contribution in [-0.2, 0) is 25.8 Å². The summed E-state index contributed by atoms with van der Waals surface area (Å²) in [6, 6.07) is -0.293. The van der Waals surface area contributed by atoms with Gasteiger partial charge in [-0.25, -0.2) is 8.42 Å². The van der Waals surface area contributed by atoms with Gasteiger partial charge in [0.15, 0.2) is 9.84 Å². The Morgan fingerprint density at radius 3 is 2.83 bits per heavy atom. The van der Waals surface area contributed by atoms with Crippen LogP contribution in [0.25, 0.3) is 0 Å². The van der Waals surface area contributed by atoms with E-state index in [9.17, 15) is 18.0 Å². The highest BCUT2D eigenvalue weighted by Crippen LogP contribution is 2.27. The number of anilines is 1. The lowest BCUT2D eigenvalue weighted by atomic mass is 10.1. The summed E-state index contributed by atoms with van der Waals surface area (Å²) < 4.78 is 23.1. The van der Waals surface area contributed by atoms with Gasteiger partial charge in [0.2, 0.25) is 16.9 Å². The van der Waals surface area contributed by atoms with E-state index in [0.29, 0.717) is 11.6 Å². The second-order valence-electron chi connectivity index (χ2n) is 5.85. The summed E-state index contributed by atoms with van der Waals surface area (Å²) in [4.78, 5) is 25.9. The molecule has 2 atom stereocenters. The van der Waals surface area contributed by atoms with Crippen molar-refractivity contribution in [1.29, 1.82) is 0 Å². The number of hydrogen-bond acceptors (Lipinski definition) is 7. The maximum atomic E-state index is 12.3. The number of carbonyl (C=O) groups excluding carboxylic acids is 2. The second-order valence-corrected chi connectivity index (χ2v) is 9.14. The van der Waals surface area contributed by atoms with Crippen molar-refractivity contribution in [2.45, 2.75) is 32.2 Å². The van der Waals surface area contributed by atoms with E-state index in [1.54, 1.807) is 4.90 Å². The minimum Gasteiger partial charge on any atom is -0.338 e. The highest BCUT2D eigenvalue weighted by atomic mass is 32.2. The minimum atomic E-state index is -3.05. The molecule has 2 saturated heterocycles. The summed E-state index contributed by atoms with van der Waals surface area (Å²) in [5.74, 6) is -0.772. The first kappa shape index (κ1) is 16.3. The van der Waals surface area contributed by atoms with Crippen molar-refractivity contribution < 1.29 is 18.0 Å². The third-order valence-electron chi connectivity index (χ3n) is 4.18. The number of carbonyl (C=O) groups is 2. The zero-order valence-corrected chi connectivity index (χ0v) is 14.3. The van der Waals surface area contributed by atoms with Crippen molar-refractivity contribution >= 4 is 38.1 Å². The third-order valence-corrected chi connectivity index (χ3v) is 6.91. The Morgan fingerprint density at radius 1 is 1.43 bits per heavy atom. The van der Waals surface area contributed by atoms with E-state index in [2.05, 4.69) is 15.5 Å². The van der Waals surface area contributed by atoms with E-state index in [0.717, 1.165) is 11.4 Å². The summed E-state index contributed by atoms with van der Waals surface area (Å²) in [7, 11) is -3.05. The summed E-state index contributed by atoms with van der Waals surface area (Å²) in [6.07, 6.45) is 1.32. The van der Waals surface area contributed by atoms with E-state index in [-0.39, 0.29) is 42.3 Å². The molecular formula is C13H18N4O4S2. The van der Waals surface area contributed by atoms with Crippen LogP contribution >= 0.6 is 11.3 Å². The largest absolute Gasteiger partial charge is 0.338 e. The normalized spacial score (nSPS) is 26.7. The quantitative estimate of drug-likeness (QED) is 0.816. The summed E-state index contributed by atoms with van der Waals surface area (Å²) in [5.41, 5.74) is 0. The van der Waals surface area contributed by atoms with Gasteiger partial charge in [-0.05, 0) is 12.8 Å². The fraction of sp³-hybridized carbons (Fsp3) is 0.692. The van der Waals surface area contributed by atoms with Gasteiger partial charge in [-0.2, -0.15) is 0 Å². The van der Waals surface area contributed by atoms with Gasteiger partial charge in [-0.1, -0.05) is 18.3 Å². The molecule has 2 unspecified atom stereocenters. The van der Waals surface area contributed by atoms with Crippen molar-refractivity contribution in [3.05, 3.63) is 5.01 Å². The zero-order chi connectivity index (χ0) is 16.6. The lowest BCUT2D eigenvalue weighted by Gasteiger charge is -2.22. The van der Waals surface area contributed by atoms with Gasteiger partial charge < -0.3 is 10.2 Å². The van der Waals surface area contributed by atoms with E-state index < -0.39 is 15.8 Å². The molecule has 1 N–H and O–H groups in total. The number of rotatable bonds is 4. The van der Waals surface area contributed by atoms with Crippen LogP contribution in [0.1, 0.15) is 24.8 Å². The molecule has 0 radical (unpaired) electrons. The second kappa shape index (κ2) is 6.16. The molecule has 10 heteroatoms. The van der Waals surface area contributed by atoms with Crippen LogP contribution in [0.15, 0.2) is 0 Å². The lowest BCUT2D eigenvalue weighted by Crippen LogP contribution is -2.38. The van der Waals surface area contributed by atoms with Crippen LogP contribution in [0.5, 0.6) is 0 Å². The fourth-order valence-corrected chi connectivity index (χ4v) is 5.35. The molecule has 1 aromatic rings. The van der Waals surface area contributed by atoms with Crippen LogP contribution in [0.3, 0.4) is 0 Å². The molecule has 0 aromatic carbocycles. The van der Waals surface area contributed by atoms with Gasteiger partial charge in [0.05, 0.1) is 17.4 Å². The molecule has 23 heavy (non-hydrogen) atoms. The van der Waals surface area contributed by atoms with Gasteiger partial charge in [-0.3, -0.25) is 9.59 Å². The van der Waals surface area contributed by atoms with Gasteiger partial charge in [0, 0.05) is 19.0 Å². The van der Waals surface area contributed by atoms with Crippen molar-refractivity contribution in [1.82, 2.24) is 15.1 Å². The summed E-state index contributed by atoms with van der Waals surface area (Å²) >= 11 is 1.31. The van der Waals surface area contributed by atoms with Gasteiger partial charge in [0.1, 0.15) is 5.01 Å². The molecule has 0 bridgehead atoms. The molecule has 3 rings (SSSR count). The van der Waals surface area contributed by atoms with Crippen molar-refractivity contribution in [2.75, 3.05) is 23.4 Å². The highest BCUT2D eigenvalue weighted by Gasteiger charge is 2.42. The van der Waals surface area contributed by atoms with Crippen molar-refractivity contribution in [3.63, 3.8) is 0 Å². The van der Waals surface area contributed by atoms with Crippen molar-refractivity contribution in [2.24, 2.45) is 5.92 Å². The Hall–Kier alpha value is -1.55. The monoisotopic (exact) mass is 358 g/mol. The molecule has 0 saturated carbocycles. The summed E-state index contributed by atoms with van der Waals surface area (Å²) in [6.45, 7) is 2.22. The molecule has 1 aromatic heterocycles. The zero-order valence-electron chi connectivity index (χ0n) is 12.7. The minimum absolute atomic E-state index is 0.00331. The SMILES string of the molecule is CCc1nnc(NC(=O)C2CC(=O)N(C3CCS(=O)(=O)C3)C2)s1. The molecule has 0 aliphatic carbocycles. The van der Waals surface area contributed by atoms with E-state index in [1.165, 1.54) is 11.3 Å². The molecule has 0 spiro atoms. The summed E-state index contributed by atoms with van der Waals surface area (Å²) in [5, 5.41) is 11.8. The smallest absolute Gasteiger partial charge is 0.231 e. The third kappa shape index (κ3) is 3.52. The van der Waals surface area contributed by atoms with Crippen LogP contribution in [0.2, 0.25) is 0 Å². The number of nitrogens with one attached hydrogen (secondary N) is 1. The number of aromatic nitrogens is 2. The average Bonchev–Trinajstić information content (AvgIpc) is 3.17. The van der Waals surface area contributed by atoms with Gasteiger partial charge in [0.25, 0.3) is 0 Å². The maximum absolute atomic E-state index is 12.3. The number of hydrogen-bond donors (Lipinski definition) is 1. The standard InChI is InChI=1S/C13H18N4O4S2/c1-2-10-15-16-13(22-10)14-12(19)8-5-11(18)17(6-8)9-3-4-23(20,21)7-9/h8-9H,2-7H2,1H3,(H,14,16,19). The maximum Gasteiger partial charge on any atom is 0.231 e. The average molecular weight is 358 g/mol. The van der Waals surface area contributed by atoms with E-state index in [1.807, 2.05) is 6.92 Å². The predicted octanol–water partition coefficient (Wildman–Crippen LogP) is 0.0746. The first-order valence-corrected chi connectivity index (χ1v) is 10.1. The van der Waals surface area contributed by atoms with Crippen LogP contribution in [-0.4, -0.2) is 59.4 Å². The van der Waals surface area contributed by atoms with Gasteiger partial charge >= 0.3 is 0 Å². The topological polar surface area (TPSA) is 109 Å². The first-order valence-electron chi connectivity index (χ1n) is 7.51. The van der Waals surface area contributed by atoms with Gasteiger partial charge in [-0.15, -0.1) is 10.2 Å². The molecule has 126 valence electrons. The Balaban J connectivity index is 1.61. The fourth-order valence-electron chi connectivity index (χ4n) is 2.94. The van der Waals surface area contributed by atoms with Crippen LogP contribution in [0, 0.1) is 5.92 Å². The number of sulfone groups is 1. The predicted molar refractivity (Wildman–Crippen MR) is 84.8 cm³/mol. The Morgan fingerprint density at radius 2 is 2.22 bits per heavy atom. The Bertz CT molecular complexity index is 730. The Labute approximate surface area is 138 Å². The molecule has 2 amide bonds. The number of amides is 2. The van der Waals surface area contributed by atoms with Crippen LogP contribution < -0.4 is 5.32 Å². The van der Waals surface area contributed by atoms with E-state index >= 15 is 0 Å². The molecule has 2 fully saturated rings. The molecule has 2 aliphatic heterocycles. The number of nitrogens with zero attached hydrogens (tertiary/aromatic N) is 3. The molecule has 8 nitrogen and oxygen atoms in total. The Kier molecular flexibility index (Phi) is 4.37. The van der Waals surface area contributed by atoms with Crippen molar-refractivity contribution in [3.8, 4) is 0 Å². The molecule has 3 heterocycles. The molecular weight excluding hydrogens is 340 g/mol. The number of likely N-dealkylation sites (tertiary alicyclic amines) is 1. The first-order chi connectivity index (χ1) is 10.9. The van der Waals surface area contributed by atoms with Crippen LogP contribution in [0.4, 0.5) is 5.13 Å². The number of aryl methyl sites for hydroxylation is 1. The van der Waals surface area contributed by atoms with E-state index in [4.69, 9.17) is 0 Å². The highest BCUT2D eigenvalue weighted by molar-refractivity contribution is 7.91.